The monoisotopic (exact) mass is 460 g/mol. The molecule has 0 saturated carbocycles. The van der Waals surface area contributed by atoms with E-state index in [2.05, 4.69) is 13.0 Å². The number of ether oxygens (including phenoxy) is 1. The maximum Gasteiger partial charge on any atom is 0.223 e. The summed E-state index contributed by atoms with van der Waals surface area (Å²) in [5.41, 5.74) is 5.16. The van der Waals surface area contributed by atoms with Crippen LogP contribution in [0.4, 0.5) is 0 Å². The molecular formula is C26H28N4O2S. The van der Waals surface area contributed by atoms with E-state index >= 15 is 0 Å². The normalized spacial score (nSPS) is 16.0. The molecule has 6 nitrogen and oxygen atoms in total. The predicted octanol–water partition coefficient (Wildman–Crippen LogP) is 5.40. The minimum atomic E-state index is 0.0941. The van der Waals surface area contributed by atoms with Gasteiger partial charge in [-0.05, 0) is 62.9 Å². The van der Waals surface area contributed by atoms with Crippen LogP contribution in [0.3, 0.4) is 0 Å². The van der Waals surface area contributed by atoms with Crippen molar-refractivity contribution in [3.8, 4) is 11.4 Å². The average Bonchev–Trinajstić information content (AvgIpc) is 3.55. The molecule has 0 unspecified atom stereocenters. The number of para-hydroxylation sites is 1. The summed E-state index contributed by atoms with van der Waals surface area (Å²) in [6.07, 6.45) is 3.17. The second kappa shape index (κ2) is 8.98. The summed E-state index contributed by atoms with van der Waals surface area (Å²) >= 11 is 1.71. The topological polar surface area (TPSA) is 60.3 Å². The van der Waals surface area contributed by atoms with Crippen LogP contribution >= 0.6 is 11.3 Å². The SMILES string of the molecule is COc1cccc(-n2nc(C)c(CCC(=O)N3CCC[C@H]3c3nc4ccccc4s3)c2C)c1. The Bertz CT molecular complexity index is 1280. The first-order chi connectivity index (χ1) is 16.0. The Morgan fingerprint density at radius 2 is 2.03 bits per heavy atom. The average molecular weight is 461 g/mol. The van der Waals surface area contributed by atoms with E-state index < -0.39 is 0 Å². The van der Waals surface area contributed by atoms with E-state index in [-0.39, 0.29) is 11.9 Å². The molecule has 4 aromatic rings. The zero-order valence-corrected chi connectivity index (χ0v) is 20.1. The Balaban J connectivity index is 1.32. The van der Waals surface area contributed by atoms with Gasteiger partial charge in [0.2, 0.25) is 5.91 Å². The van der Waals surface area contributed by atoms with Gasteiger partial charge in [0.15, 0.2) is 0 Å². The highest BCUT2D eigenvalue weighted by molar-refractivity contribution is 7.18. The van der Waals surface area contributed by atoms with Crippen molar-refractivity contribution < 1.29 is 9.53 Å². The van der Waals surface area contributed by atoms with Crippen LogP contribution in [0.25, 0.3) is 15.9 Å². The molecule has 2 aromatic heterocycles. The summed E-state index contributed by atoms with van der Waals surface area (Å²) in [5.74, 6) is 0.997. The Kier molecular flexibility index (Phi) is 5.89. The van der Waals surface area contributed by atoms with Crippen LogP contribution < -0.4 is 4.74 Å². The van der Waals surface area contributed by atoms with Crippen molar-refractivity contribution in [2.24, 2.45) is 0 Å². The van der Waals surface area contributed by atoms with Crippen LogP contribution in [0.1, 0.15) is 47.3 Å². The number of nitrogens with zero attached hydrogens (tertiary/aromatic N) is 4. The summed E-state index contributed by atoms with van der Waals surface area (Å²) < 4.78 is 8.48. The molecule has 3 heterocycles. The molecular weight excluding hydrogens is 432 g/mol. The molecule has 1 aliphatic heterocycles. The number of likely N-dealkylation sites (tertiary alicyclic amines) is 1. The Morgan fingerprint density at radius 1 is 1.18 bits per heavy atom. The first kappa shape index (κ1) is 21.6. The van der Waals surface area contributed by atoms with Gasteiger partial charge in [0.05, 0.1) is 34.7 Å². The van der Waals surface area contributed by atoms with Crippen LogP contribution in [0, 0.1) is 13.8 Å². The van der Waals surface area contributed by atoms with Gasteiger partial charge < -0.3 is 9.64 Å². The third-order valence-electron chi connectivity index (χ3n) is 6.50. The second-order valence-corrected chi connectivity index (χ2v) is 9.59. The van der Waals surface area contributed by atoms with Gasteiger partial charge in [-0.25, -0.2) is 9.67 Å². The van der Waals surface area contributed by atoms with Crippen molar-refractivity contribution in [1.29, 1.82) is 0 Å². The zero-order valence-electron chi connectivity index (χ0n) is 19.2. The number of benzene rings is 2. The van der Waals surface area contributed by atoms with Crippen molar-refractivity contribution >= 4 is 27.5 Å². The van der Waals surface area contributed by atoms with E-state index in [0.717, 1.165) is 58.3 Å². The van der Waals surface area contributed by atoms with Gasteiger partial charge in [-0.3, -0.25) is 4.79 Å². The molecule has 1 atom stereocenters. The van der Waals surface area contributed by atoms with Crippen molar-refractivity contribution in [2.45, 2.75) is 45.6 Å². The molecule has 1 amide bonds. The van der Waals surface area contributed by atoms with Crippen molar-refractivity contribution in [3.63, 3.8) is 0 Å². The van der Waals surface area contributed by atoms with Crippen molar-refractivity contribution in [2.75, 3.05) is 13.7 Å². The molecule has 170 valence electrons. The Hall–Kier alpha value is -3.19. The lowest BCUT2D eigenvalue weighted by atomic mass is 10.1. The van der Waals surface area contributed by atoms with Crippen molar-refractivity contribution in [1.82, 2.24) is 19.7 Å². The summed E-state index contributed by atoms with van der Waals surface area (Å²) in [6, 6.07) is 16.2. The molecule has 0 bridgehead atoms. The maximum absolute atomic E-state index is 13.3. The summed E-state index contributed by atoms with van der Waals surface area (Å²) in [6.45, 7) is 4.89. The maximum atomic E-state index is 13.3. The molecule has 7 heteroatoms. The lowest BCUT2D eigenvalue weighted by molar-refractivity contribution is -0.132. The fourth-order valence-corrected chi connectivity index (χ4v) is 5.88. The van der Waals surface area contributed by atoms with E-state index in [1.54, 1.807) is 18.4 Å². The smallest absolute Gasteiger partial charge is 0.223 e. The molecule has 0 spiro atoms. The highest BCUT2D eigenvalue weighted by Gasteiger charge is 2.32. The quantitative estimate of drug-likeness (QED) is 0.386. The molecule has 5 rings (SSSR count). The molecule has 33 heavy (non-hydrogen) atoms. The number of rotatable bonds is 6. The third-order valence-corrected chi connectivity index (χ3v) is 7.63. The zero-order chi connectivity index (χ0) is 22.9. The minimum Gasteiger partial charge on any atom is -0.497 e. The number of methoxy groups -OCH3 is 1. The summed E-state index contributed by atoms with van der Waals surface area (Å²) in [5, 5.41) is 5.80. The second-order valence-electron chi connectivity index (χ2n) is 8.53. The Morgan fingerprint density at radius 3 is 2.85 bits per heavy atom. The highest BCUT2D eigenvalue weighted by atomic mass is 32.1. The molecule has 1 fully saturated rings. The molecule has 0 N–H and O–H groups in total. The summed E-state index contributed by atoms with van der Waals surface area (Å²) in [7, 11) is 1.66. The number of amides is 1. The van der Waals surface area contributed by atoms with Crippen LogP contribution in [-0.4, -0.2) is 39.2 Å². The number of aromatic nitrogens is 3. The largest absolute Gasteiger partial charge is 0.497 e. The number of carbonyl (C=O) groups excluding carboxylic acids is 1. The van der Waals surface area contributed by atoms with Gasteiger partial charge in [-0.1, -0.05) is 18.2 Å². The molecule has 1 saturated heterocycles. The highest BCUT2D eigenvalue weighted by Crippen LogP contribution is 2.37. The number of thiazole rings is 1. The number of hydrogen-bond acceptors (Lipinski definition) is 5. The first-order valence-corrected chi connectivity index (χ1v) is 12.2. The number of hydrogen-bond donors (Lipinski definition) is 0. The fourth-order valence-electron chi connectivity index (χ4n) is 4.76. The first-order valence-electron chi connectivity index (χ1n) is 11.4. The predicted molar refractivity (Wildman–Crippen MR) is 131 cm³/mol. The number of fused-ring (bicyclic) bond motifs is 1. The number of aryl methyl sites for hydroxylation is 1. The van der Waals surface area contributed by atoms with Gasteiger partial charge >= 0.3 is 0 Å². The van der Waals surface area contributed by atoms with Gasteiger partial charge in [0.25, 0.3) is 0 Å². The fraction of sp³-hybridized carbons (Fsp3) is 0.346. The van der Waals surface area contributed by atoms with Gasteiger partial charge in [0, 0.05) is 24.7 Å². The number of carbonyl (C=O) groups is 1. The van der Waals surface area contributed by atoms with Crippen LogP contribution in [-0.2, 0) is 11.2 Å². The molecule has 0 radical (unpaired) electrons. The molecule has 0 aliphatic carbocycles. The van der Waals surface area contributed by atoms with E-state index in [4.69, 9.17) is 14.8 Å². The van der Waals surface area contributed by atoms with Crippen LogP contribution in [0.5, 0.6) is 5.75 Å². The van der Waals surface area contributed by atoms with Crippen LogP contribution in [0.15, 0.2) is 48.5 Å². The lowest BCUT2D eigenvalue weighted by Crippen LogP contribution is -2.30. The molecule has 2 aromatic carbocycles. The van der Waals surface area contributed by atoms with Gasteiger partial charge in [-0.15, -0.1) is 11.3 Å². The Labute approximate surface area is 197 Å². The standard InChI is InChI=1S/C26H28N4O2S/c1-17-21(18(2)30(28-17)19-8-6-9-20(16-19)32-3)13-14-25(31)29-15-7-11-23(29)26-27-22-10-4-5-12-24(22)33-26/h4-6,8-10,12,16,23H,7,11,13-15H2,1-3H3/t23-/m0/s1. The van der Waals surface area contributed by atoms with Gasteiger partial charge in [0.1, 0.15) is 10.8 Å². The van der Waals surface area contributed by atoms with E-state index in [0.29, 0.717) is 12.8 Å². The third kappa shape index (κ3) is 4.13. The minimum absolute atomic E-state index is 0.0941. The van der Waals surface area contributed by atoms with Crippen LogP contribution in [0.2, 0.25) is 0 Å². The summed E-state index contributed by atoms with van der Waals surface area (Å²) in [4.78, 5) is 20.1. The van der Waals surface area contributed by atoms with E-state index in [1.807, 2.05) is 59.0 Å². The van der Waals surface area contributed by atoms with Gasteiger partial charge in [-0.2, -0.15) is 5.10 Å². The van der Waals surface area contributed by atoms with E-state index in [1.165, 1.54) is 4.70 Å². The molecule has 1 aliphatic rings. The lowest BCUT2D eigenvalue weighted by Gasteiger charge is -2.23. The van der Waals surface area contributed by atoms with E-state index in [9.17, 15) is 4.79 Å². The van der Waals surface area contributed by atoms with Crippen molar-refractivity contribution in [3.05, 3.63) is 70.5 Å².